The molecule has 6 nitrogen and oxygen atoms in total. The van der Waals surface area contributed by atoms with Crippen molar-refractivity contribution in [2.24, 2.45) is 5.73 Å². The summed E-state index contributed by atoms with van der Waals surface area (Å²) in [4.78, 5) is 12.2. The fraction of sp³-hybridized carbons (Fsp3) is 0.438. The van der Waals surface area contributed by atoms with Crippen LogP contribution in [0.1, 0.15) is 41.7 Å². The maximum absolute atomic E-state index is 12.2. The number of nitrogens with one attached hydrogen (secondary N) is 1. The third-order valence-electron chi connectivity index (χ3n) is 4.10. The molecule has 0 unspecified atom stereocenters. The van der Waals surface area contributed by atoms with E-state index in [2.05, 4.69) is 15.6 Å². The van der Waals surface area contributed by atoms with Crippen LogP contribution >= 0.6 is 12.4 Å². The van der Waals surface area contributed by atoms with E-state index in [1.165, 1.54) is 0 Å². The number of benzene rings is 1. The van der Waals surface area contributed by atoms with Crippen LogP contribution < -0.4 is 11.1 Å². The van der Waals surface area contributed by atoms with Gasteiger partial charge in [0.15, 0.2) is 5.69 Å². The summed E-state index contributed by atoms with van der Waals surface area (Å²) in [5.41, 5.74) is 8.26. The Bertz CT molecular complexity index is 664. The zero-order valence-corrected chi connectivity index (χ0v) is 13.9. The Morgan fingerprint density at radius 2 is 2.04 bits per heavy atom. The Labute approximate surface area is 141 Å². The fourth-order valence-corrected chi connectivity index (χ4v) is 2.79. The molecule has 23 heavy (non-hydrogen) atoms. The largest absolute Gasteiger partial charge is 0.348 e. The lowest BCUT2D eigenvalue weighted by molar-refractivity contribution is 0.0920. The van der Waals surface area contributed by atoms with Crippen LogP contribution in [0.2, 0.25) is 0 Å². The minimum atomic E-state index is -0.167. The summed E-state index contributed by atoms with van der Waals surface area (Å²) < 4.78 is 1.62. The zero-order chi connectivity index (χ0) is 15.5. The fourth-order valence-electron chi connectivity index (χ4n) is 2.79. The van der Waals surface area contributed by atoms with Crippen LogP contribution in [0.15, 0.2) is 30.5 Å². The number of aryl methyl sites for hydroxylation is 1. The van der Waals surface area contributed by atoms with Crippen molar-refractivity contribution in [3.05, 3.63) is 41.7 Å². The van der Waals surface area contributed by atoms with E-state index in [-0.39, 0.29) is 30.4 Å². The Kier molecular flexibility index (Phi) is 5.74. The van der Waals surface area contributed by atoms with Gasteiger partial charge in [0.1, 0.15) is 0 Å². The van der Waals surface area contributed by atoms with Crippen molar-refractivity contribution in [1.82, 2.24) is 20.3 Å². The van der Waals surface area contributed by atoms with Crippen LogP contribution in [0, 0.1) is 6.92 Å². The van der Waals surface area contributed by atoms with Crippen molar-refractivity contribution in [3.63, 3.8) is 0 Å². The molecule has 0 atom stereocenters. The first-order chi connectivity index (χ1) is 10.6. The molecule has 124 valence electrons. The highest BCUT2D eigenvalue weighted by Gasteiger charge is 2.21. The number of carbonyl (C=O) groups is 1. The summed E-state index contributed by atoms with van der Waals surface area (Å²) in [7, 11) is 0. The van der Waals surface area contributed by atoms with Crippen molar-refractivity contribution in [3.8, 4) is 5.69 Å². The molecule has 0 saturated heterocycles. The van der Waals surface area contributed by atoms with E-state index in [0.29, 0.717) is 5.69 Å². The molecule has 1 amide bonds. The molecular formula is C16H22ClN5O. The quantitative estimate of drug-likeness (QED) is 0.898. The van der Waals surface area contributed by atoms with Crippen LogP contribution in [0.5, 0.6) is 0 Å². The Morgan fingerprint density at radius 3 is 2.74 bits per heavy atom. The molecule has 3 rings (SSSR count). The smallest absolute Gasteiger partial charge is 0.273 e. The van der Waals surface area contributed by atoms with Gasteiger partial charge in [0.05, 0.1) is 11.9 Å². The van der Waals surface area contributed by atoms with Crippen molar-refractivity contribution in [1.29, 1.82) is 0 Å². The molecule has 1 saturated carbocycles. The molecule has 0 bridgehead atoms. The topological polar surface area (TPSA) is 85.8 Å². The summed E-state index contributed by atoms with van der Waals surface area (Å²) in [6.07, 6.45) is 5.44. The SMILES string of the molecule is Cc1cccc(-n2cc(C(=O)NC3CCC(N)CC3)nn2)c1.Cl. The molecule has 0 spiro atoms. The lowest BCUT2D eigenvalue weighted by atomic mass is 9.92. The van der Waals surface area contributed by atoms with Gasteiger partial charge in [-0.2, -0.15) is 0 Å². The van der Waals surface area contributed by atoms with Gasteiger partial charge in [-0.3, -0.25) is 4.79 Å². The maximum atomic E-state index is 12.2. The molecule has 1 aromatic carbocycles. The van der Waals surface area contributed by atoms with Gasteiger partial charge in [-0.15, -0.1) is 17.5 Å². The first-order valence-corrected chi connectivity index (χ1v) is 7.67. The molecule has 3 N–H and O–H groups in total. The number of nitrogens with two attached hydrogens (primary N) is 1. The monoisotopic (exact) mass is 335 g/mol. The highest BCUT2D eigenvalue weighted by Crippen LogP contribution is 2.17. The predicted molar refractivity (Wildman–Crippen MR) is 91.0 cm³/mol. The number of nitrogens with zero attached hydrogens (tertiary/aromatic N) is 3. The second kappa shape index (κ2) is 7.57. The first-order valence-electron chi connectivity index (χ1n) is 7.67. The average molecular weight is 336 g/mol. The molecule has 0 radical (unpaired) electrons. The molecule has 1 aromatic heterocycles. The number of hydrogen-bond acceptors (Lipinski definition) is 4. The Morgan fingerprint density at radius 1 is 1.30 bits per heavy atom. The van der Waals surface area contributed by atoms with Gasteiger partial charge in [0.25, 0.3) is 5.91 Å². The lowest BCUT2D eigenvalue weighted by Crippen LogP contribution is -2.40. The van der Waals surface area contributed by atoms with Crippen molar-refractivity contribution < 1.29 is 4.79 Å². The van der Waals surface area contributed by atoms with Gasteiger partial charge >= 0.3 is 0 Å². The molecule has 7 heteroatoms. The van der Waals surface area contributed by atoms with E-state index in [9.17, 15) is 4.79 Å². The van der Waals surface area contributed by atoms with E-state index in [1.54, 1.807) is 10.9 Å². The highest BCUT2D eigenvalue weighted by atomic mass is 35.5. The van der Waals surface area contributed by atoms with Crippen LogP contribution in [0.4, 0.5) is 0 Å². The van der Waals surface area contributed by atoms with Crippen LogP contribution in [-0.2, 0) is 0 Å². The van der Waals surface area contributed by atoms with Gasteiger partial charge in [0.2, 0.25) is 0 Å². The van der Waals surface area contributed by atoms with Crippen molar-refractivity contribution in [2.45, 2.75) is 44.7 Å². The molecule has 1 heterocycles. The summed E-state index contributed by atoms with van der Waals surface area (Å²) >= 11 is 0. The number of amides is 1. The first kappa shape index (κ1) is 17.4. The van der Waals surface area contributed by atoms with E-state index < -0.39 is 0 Å². The van der Waals surface area contributed by atoms with E-state index in [4.69, 9.17) is 5.73 Å². The molecule has 2 aromatic rings. The number of halogens is 1. The summed E-state index contributed by atoms with van der Waals surface area (Å²) in [5.74, 6) is -0.167. The van der Waals surface area contributed by atoms with Gasteiger partial charge < -0.3 is 11.1 Å². The average Bonchev–Trinajstić information content (AvgIpc) is 3.00. The van der Waals surface area contributed by atoms with E-state index in [0.717, 1.165) is 36.9 Å². The summed E-state index contributed by atoms with van der Waals surface area (Å²) in [6.45, 7) is 2.02. The van der Waals surface area contributed by atoms with Gasteiger partial charge in [-0.1, -0.05) is 17.3 Å². The lowest BCUT2D eigenvalue weighted by Gasteiger charge is -2.26. The second-order valence-electron chi connectivity index (χ2n) is 5.97. The molecule has 1 aliphatic carbocycles. The summed E-state index contributed by atoms with van der Waals surface area (Å²) in [6, 6.07) is 8.37. The van der Waals surface area contributed by atoms with Crippen LogP contribution in [0.25, 0.3) is 5.69 Å². The Balaban J connectivity index is 0.00000192. The second-order valence-corrected chi connectivity index (χ2v) is 5.97. The van der Waals surface area contributed by atoms with Crippen molar-refractivity contribution >= 4 is 18.3 Å². The van der Waals surface area contributed by atoms with Crippen LogP contribution in [0.3, 0.4) is 0 Å². The highest BCUT2D eigenvalue weighted by molar-refractivity contribution is 5.92. The number of carbonyl (C=O) groups excluding carboxylic acids is 1. The Hall–Kier alpha value is -1.92. The minimum absolute atomic E-state index is 0. The third-order valence-corrected chi connectivity index (χ3v) is 4.10. The predicted octanol–water partition coefficient (Wildman–Crippen LogP) is 2.00. The third kappa shape index (κ3) is 4.30. The standard InChI is InChI=1S/C16H21N5O.ClH/c1-11-3-2-4-14(9-11)21-10-15(19-20-21)16(22)18-13-7-5-12(17)6-8-13;/h2-4,9-10,12-13H,5-8,17H2,1H3,(H,18,22);1H. The zero-order valence-electron chi connectivity index (χ0n) is 13.1. The maximum Gasteiger partial charge on any atom is 0.273 e. The molecule has 1 aliphatic rings. The summed E-state index contributed by atoms with van der Waals surface area (Å²) in [5, 5.41) is 11.0. The molecular weight excluding hydrogens is 314 g/mol. The normalized spacial score (nSPS) is 20.6. The van der Waals surface area contributed by atoms with Crippen LogP contribution in [-0.4, -0.2) is 33.0 Å². The minimum Gasteiger partial charge on any atom is -0.348 e. The van der Waals surface area contributed by atoms with Gasteiger partial charge in [-0.25, -0.2) is 4.68 Å². The molecule has 0 aliphatic heterocycles. The van der Waals surface area contributed by atoms with Crippen molar-refractivity contribution in [2.75, 3.05) is 0 Å². The van der Waals surface area contributed by atoms with E-state index in [1.807, 2.05) is 31.2 Å². The van der Waals surface area contributed by atoms with E-state index >= 15 is 0 Å². The number of rotatable bonds is 3. The molecule has 1 fully saturated rings. The number of aromatic nitrogens is 3. The van der Waals surface area contributed by atoms with Gasteiger partial charge in [-0.05, 0) is 50.3 Å². The van der Waals surface area contributed by atoms with Gasteiger partial charge in [0, 0.05) is 12.1 Å². The number of hydrogen-bond donors (Lipinski definition) is 2.